The largest absolute Gasteiger partial charge is 0.390 e. The van der Waals surface area contributed by atoms with Crippen molar-refractivity contribution in [2.75, 3.05) is 13.1 Å². The molecule has 19 heavy (non-hydrogen) atoms. The molecule has 0 amide bonds. The summed E-state index contributed by atoms with van der Waals surface area (Å²) in [6.45, 7) is 2.88. The van der Waals surface area contributed by atoms with Crippen LogP contribution in [0.25, 0.3) is 0 Å². The van der Waals surface area contributed by atoms with Gasteiger partial charge in [0.05, 0.1) is 17.0 Å². The first-order valence-electron chi connectivity index (χ1n) is 5.97. The molecule has 0 aromatic heterocycles. The number of nitrogens with one attached hydrogen (secondary N) is 2. The van der Waals surface area contributed by atoms with Crippen molar-refractivity contribution in [2.24, 2.45) is 0 Å². The SMILES string of the molecule is Cc1ccccc1S(=O)(=O)N[C@@H]1CCNC[C@H]1O.Cl. The molecule has 1 aliphatic rings. The number of hydrogen-bond donors (Lipinski definition) is 3. The summed E-state index contributed by atoms with van der Waals surface area (Å²) in [4.78, 5) is 0.274. The van der Waals surface area contributed by atoms with Crippen molar-refractivity contribution in [3.8, 4) is 0 Å². The van der Waals surface area contributed by atoms with Gasteiger partial charge in [-0.05, 0) is 31.5 Å². The monoisotopic (exact) mass is 306 g/mol. The summed E-state index contributed by atoms with van der Waals surface area (Å²) in [6.07, 6.45) is -0.0933. The van der Waals surface area contributed by atoms with E-state index >= 15 is 0 Å². The molecule has 0 bridgehead atoms. The lowest BCUT2D eigenvalue weighted by Crippen LogP contribution is -2.52. The van der Waals surface area contributed by atoms with Crippen LogP contribution in [0.15, 0.2) is 29.2 Å². The molecule has 0 spiro atoms. The molecule has 1 aromatic carbocycles. The highest BCUT2D eigenvalue weighted by atomic mass is 35.5. The molecule has 0 saturated carbocycles. The lowest BCUT2D eigenvalue weighted by molar-refractivity contribution is 0.113. The molecule has 0 unspecified atom stereocenters. The van der Waals surface area contributed by atoms with Crippen LogP contribution in [0.3, 0.4) is 0 Å². The van der Waals surface area contributed by atoms with E-state index in [1.54, 1.807) is 31.2 Å². The molecule has 108 valence electrons. The smallest absolute Gasteiger partial charge is 0.241 e. The maximum Gasteiger partial charge on any atom is 0.241 e. The predicted octanol–water partition coefficient (Wildman–Crippen LogP) is 0.418. The molecular formula is C12H19ClN2O3S. The topological polar surface area (TPSA) is 78.4 Å². The van der Waals surface area contributed by atoms with Crippen LogP contribution < -0.4 is 10.0 Å². The van der Waals surface area contributed by atoms with Crippen molar-refractivity contribution in [3.63, 3.8) is 0 Å². The van der Waals surface area contributed by atoms with Gasteiger partial charge in [0.2, 0.25) is 10.0 Å². The second kappa shape index (κ2) is 6.67. The van der Waals surface area contributed by atoms with Crippen molar-refractivity contribution in [3.05, 3.63) is 29.8 Å². The van der Waals surface area contributed by atoms with E-state index in [-0.39, 0.29) is 17.3 Å². The standard InChI is InChI=1S/C12H18N2O3S.ClH/c1-9-4-2-3-5-12(9)18(16,17)14-10-6-7-13-8-11(10)15;/h2-5,10-11,13-15H,6-8H2,1H3;1H/t10-,11-;/m1./s1. The summed E-state index contributed by atoms with van der Waals surface area (Å²) in [6, 6.07) is 6.41. The molecule has 3 N–H and O–H groups in total. The summed E-state index contributed by atoms with van der Waals surface area (Å²) in [7, 11) is -3.56. The van der Waals surface area contributed by atoms with E-state index in [0.29, 0.717) is 25.1 Å². The highest BCUT2D eigenvalue weighted by Gasteiger charge is 2.28. The van der Waals surface area contributed by atoms with Crippen molar-refractivity contribution in [2.45, 2.75) is 30.4 Å². The minimum absolute atomic E-state index is 0. The predicted molar refractivity (Wildman–Crippen MR) is 76.0 cm³/mol. The fourth-order valence-electron chi connectivity index (χ4n) is 2.10. The van der Waals surface area contributed by atoms with Gasteiger partial charge in [0.15, 0.2) is 0 Å². The molecule has 2 rings (SSSR count). The minimum atomic E-state index is -3.56. The fourth-order valence-corrected chi connectivity index (χ4v) is 3.65. The van der Waals surface area contributed by atoms with Crippen LogP contribution in [0.1, 0.15) is 12.0 Å². The van der Waals surface area contributed by atoms with E-state index in [4.69, 9.17) is 0 Å². The average Bonchev–Trinajstić information content (AvgIpc) is 2.32. The van der Waals surface area contributed by atoms with Gasteiger partial charge in [0.25, 0.3) is 0 Å². The number of halogens is 1. The molecule has 1 saturated heterocycles. The van der Waals surface area contributed by atoms with Gasteiger partial charge in [-0.1, -0.05) is 18.2 Å². The van der Waals surface area contributed by atoms with Crippen molar-refractivity contribution in [1.82, 2.24) is 10.0 Å². The normalized spacial score (nSPS) is 23.7. The molecule has 2 atom stereocenters. The van der Waals surface area contributed by atoms with Crippen LogP contribution in [0, 0.1) is 6.92 Å². The highest BCUT2D eigenvalue weighted by molar-refractivity contribution is 7.89. The Morgan fingerprint density at radius 3 is 2.68 bits per heavy atom. The molecule has 0 aliphatic carbocycles. The Bertz CT molecular complexity index is 521. The van der Waals surface area contributed by atoms with E-state index in [2.05, 4.69) is 10.0 Å². The number of aliphatic hydroxyl groups excluding tert-OH is 1. The van der Waals surface area contributed by atoms with Crippen molar-refractivity contribution < 1.29 is 13.5 Å². The van der Waals surface area contributed by atoms with Gasteiger partial charge >= 0.3 is 0 Å². The molecule has 0 radical (unpaired) electrons. The van der Waals surface area contributed by atoms with Gasteiger partial charge in [0, 0.05) is 6.54 Å². The Labute approximate surface area is 119 Å². The Balaban J connectivity index is 0.00000180. The zero-order chi connectivity index (χ0) is 13.2. The molecule has 5 nitrogen and oxygen atoms in total. The first kappa shape index (κ1) is 16.4. The van der Waals surface area contributed by atoms with Crippen LogP contribution in [-0.2, 0) is 10.0 Å². The minimum Gasteiger partial charge on any atom is -0.390 e. The van der Waals surface area contributed by atoms with Gasteiger partial charge in [-0.2, -0.15) is 0 Å². The summed E-state index contributed by atoms with van der Waals surface area (Å²) in [5.74, 6) is 0. The number of rotatable bonds is 3. The maximum atomic E-state index is 12.2. The van der Waals surface area contributed by atoms with Crippen molar-refractivity contribution in [1.29, 1.82) is 0 Å². The van der Waals surface area contributed by atoms with Gasteiger partial charge in [-0.25, -0.2) is 13.1 Å². The zero-order valence-corrected chi connectivity index (χ0v) is 12.3. The number of hydrogen-bond acceptors (Lipinski definition) is 4. The third-order valence-corrected chi connectivity index (χ3v) is 4.79. The zero-order valence-electron chi connectivity index (χ0n) is 10.7. The molecule has 7 heteroatoms. The van der Waals surface area contributed by atoms with E-state index in [9.17, 15) is 13.5 Å². The molecule has 1 aromatic rings. The maximum absolute atomic E-state index is 12.2. The number of benzene rings is 1. The highest BCUT2D eigenvalue weighted by Crippen LogP contribution is 2.16. The van der Waals surface area contributed by atoms with Crippen LogP contribution in [0.5, 0.6) is 0 Å². The van der Waals surface area contributed by atoms with Gasteiger partial charge in [-0.3, -0.25) is 0 Å². The van der Waals surface area contributed by atoms with Crippen LogP contribution >= 0.6 is 12.4 Å². The summed E-state index contributed by atoms with van der Waals surface area (Å²) in [5.41, 5.74) is 0.702. The Hall–Kier alpha value is -0.660. The van der Waals surface area contributed by atoms with Crippen molar-refractivity contribution >= 4 is 22.4 Å². The third-order valence-electron chi connectivity index (χ3n) is 3.14. The summed E-state index contributed by atoms with van der Waals surface area (Å²) < 4.78 is 27.0. The molecular weight excluding hydrogens is 288 g/mol. The number of aliphatic hydroxyl groups is 1. The summed E-state index contributed by atoms with van der Waals surface area (Å²) >= 11 is 0. The van der Waals surface area contributed by atoms with Crippen LogP contribution in [0.2, 0.25) is 0 Å². The average molecular weight is 307 g/mol. The summed E-state index contributed by atoms with van der Waals surface area (Å²) in [5, 5.41) is 12.8. The van der Waals surface area contributed by atoms with E-state index in [1.807, 2.05) is 0 Å². The van der Waals surface area contributed by atoms with Gasteiger partial charge < -0.3 is 10.4 Å². The molecule has 1 fully saturated rings. The van der Waals surface area contributed by atoms with E-state index in [0.717, 1.165) is 0 Å². The van der Waals surface area contributed by atoms with E-state index < -0.39 is 22.2 Å². The molecule has 1 heterocycles. The quantitative estimate of drug-likeness (QED) is 0.756. The second-order valence-corrected chi connectivity index (χ2v) is 6.24. The first-order chi connectivity index (χ1) is 8.50. The van der Waals surface area contributed by atoms with E-state index in [1.165, 1.54) is 0 Å². The fraction of sp³-hybridized carbons (Fsp3) is 0.500. The number of aryl methyl sites for hydroxylation is 1. The first-order valence-corrected chi connectivity index (χ1v) is 7.46. The van der Waals surface area contributed by atoms with Gasteiger partial charge in [-0.15, -0.1) is 12.4 Å². The third kappa shape index (κ3) is 3.90. The van der Waals surface area contributed by atoms with Crippen LogP contribution in [0.4, 0.5) is 0 Å². The molecule has 1 aliphatic heterocycles. The Morgan fingerprint density at radius 1 is 1.37 bits per heavy atom. The second-order valence-electron chi connectivity index (χ2n) is 4.55. The lowest BCUT2D eigenvalue weighted by Gasteiger charge is -2.29. The Morgan fingerprint density at radius 2 is 2.05 bits per heavy atom. The Kier molecular flexibility index (Phi) is 5.76. The van der Waals surface area contributed by atoms with Gasteiger partial charge in [0.1, 0.15) is 0 Å². The number of piperidine rings is 1. The lowest BCUT2D eigenvalue weighted by atomic mass is 10.1. The number of β-amino-alcohol motifs (C(OH)–C–C–N with tert-alkyl or cyclic N) is 1. The van der Waals surface area contributed by atoms with Crippen LogP contribution in [-0.4, -0.2) is 38.8 Å². The number of sulfonamides is 1.